The Balaban J connectivity index is 2.04. The van der Waals surface area contributed by atoms with Crippen LogP contribution in [0, 0.1) is 0 Å². The number of carboxylic acid groups (broad SMARTS) is 1. The van der Waals surface area contributed by atoms with Gasteiger partial charge in [0.05, 0.1) is 6.33 Å². The third-order valence-electron chi connectivity index (χ3n) is 3.10. The van der Waals surface area contributed by atoms with Gasteiger partial charge in [-0.3, -0.25) is 4.57 Å². The van der Waals surface area contributed by atoms with E-state index in [9.17, 15) is 14.3 Å². The Morgan fingerprint density at radius 3 is 2.85 bits per heavy atom. The average Bonchev–Trinajstić information content (AvgIpc) is 2.94. The van der Waals surface area contributed by atoms with E-state index in [0.717, 1.165) is 0 Å². The minimum absolute atomic E-state index is 0.109. The van der Waals surface area contributed by atoms with Crippen LogP contribution in [0.5, 0.6) is 0 Å². The van der Waals surface area contributed by atoms with E-state index >= 15 is 0 Å². The van der Waals surface area contributed by atoms with Crippen LogP contribution in [-0.4, -0.2) is 54.1 Å². The van der Waals surface area contributed by atoms with Gasteiger partial charge in [0.1, 0.15) is 17.9 Å². The van der Waals surface area contributed by atoms with Crippen LogP contribution in [-0.2, 0) is 9.53 Å². The summed E-state index contributed by atoms with van der Waals surface area (Å²) in [4.78, 5) is 22.4. The van der Waals surface area contributed by atoms with Crippen molar-refractivity contribution in [2.75, 3.05) is 5.73 Å². The average molecular weight is 283 g/mol. The summed E-state index contributed by atoms with van der Waals surface area (Å²) in [6.45, 7) is 0. The molecule has 0 radical (unpaired) electrons. The van der Waals surface area contributed by atoms with Crippen LogP contribution in [0.4, 0.5) is 10.2 Å². The molecule has 2 aromatic heterocycles. The summed E-state index contributed by atoms with van der Waals surface area (Å²) >= 11 is 0. The summed E-state index contributed by atoms with van der Waals surface area (Å²) in [6.07, 6.45) is -4.30. The van der Waals surface area contributed by atoms with Crippen molar-refractivity contribution < 1.29 is 24.1 Å². The number of aliphatic hydroxyl groups excluding tert-OH is 1. The number of anilines is 1. The number of aliphatic hydroxyl groups is 1. The monoisotopic (exact) mass is 283 g/mol. The Morgan fingerprint density at radius 1 is 1.45 bits per heavy atom. The van der Waals surface area contributed by atoms with Crippen LogP contribution in [0.15, 0.2) is 12.7 Å². The first-order chi connectivity index (χ1) is 9.50. The molecule has 2 aromatic rings. The fourth-order valence-electron chi connectivity index (χ4n) is 2.12. The largest absolute Gasteiger partial charge is 0.479 e. The quantitative estimate of drug-likeness (QED) is 0.644. The van der Waals surface area contributed by atoms with Gasteiger partial charge in [-0.15, -0.1) is 0 Å². The summed E-state index contributed by atoms with van der Waals surface area (Å²) in [5.74, 6) is -1.33. The highest BCUT2D eigenvalue weighted by molar-refractivity contribution is 5.81. The van der Waals surface area contributed by atoms with Crippen molar-refractivity contribution in [3.8, 4) is 0 Å². The van der Waals surface area contributed by atoms with E-state index in [0.29, 0.717) is 0 Å². The van der Waals surface area contributed by atoms with E-state index < -0.39 is 30.6 Å². The number of carbonyl (C=O) groups is 1. The van der Waals surface area contributed by atoms with Gasteiger partial charge in [0.15, 0.2) is 30.0 Å². The molecule has 9 nitrogen and oxygen atoms in total. The summed E-state index contributed by atoms with van der Waals surface area (Å²) in [5, 5.41) is 18.4. The van der Waals surface area contributed by atoms with Gasteiger partial charge < -0.3 is 20.7 Å². The van der Waals surface area contributed by atoms with E-state index in [4.69, 9.17) is 15.6 Å². The van der Waals surface area contributed by atoms with Crippen molar-refractivity contribution in [1.82, 2.24) is 19.5 Å². The van der Waals surface area contributed by atoms with E-state index in [1.165, 1.54) is 17.2 Å². The van der Waals surface area contributed by atoms with Crippen LogP contribution in [0.2, 0.25) is 0 Å². The number of ether oxygens (including phenoxy) is 1. The van der Waals surface area contributed by atoms with Crippen molar-refractivity contribution in [3.63, 3.8) is 0 Å². The molecule has 1 aliphatic rings. The molecule has 4 atom stereocenters. The summed E-state index contributed by atoms with van der Waals surface area (Å²) in [7, 11) is 0. The second-order valence-corrected chi connectivity index (χ2v) is 4.30. The Bertz CT molecular complexity index is 677. The Hall–Kier alpha value is -2.33. The molecule has 0 amide bonds. The van der Waals surface area contributed by atoms with Gasteiger partial charge in [0.2, 0.25) is 0 Å². The molecule has 0 aromatic carbocycles. The lowest BCUT2D eigenvalue weighted by Crippen LogP contribution is -2.34. The highest BCUT2D eigenvalue weighted by Gasteiger charge is 2.49. The predicted octanol–water partition coefficient (Wildman–Crippen LogP) is -0.910. The Kier molecular flexibility index (Phi) is 2.76. The number of nitrogen functional groups attached to an aromatic ring is 1. The zero-order valence-corrected chi connectivity index (χ0v) is 9.92. The van der Waals surface area contributed by atoms with Crippen LogP contribution < -0.4 is 5.73 Å². The number of aromatic nitrogens is 4. The Labute approximate surface area is 110 Å². The highest BCUT2D eigenvalue weighted by atomic mass is 19.1. The summed E-state index contributed by atoms with van der Waals surface area (Å²) in [6, 6.07) is 0. The number of fused-ring (bicyclic) bond motifs is 1. The maximum absolute atomic E-state index is 14.0. The molecule has 10 heteroatoms. The van der Waals surface area contributed by atoms with E-state index in [1.807, 2.05) is 0 Å². The minimum Gasteiger partial charge on any atom is -0.479 e. The van der Waals surface area contributed by atoms with Crippen LogP contribution in [0.25, 0.3) is 11.2 Å². The SMILES string of the molecule is Nc1ncnc2c1ncn2[C@@H]1O[C@H](C(=O)O)C(O)[C@@H]1F. The third kappa shape index (κ3) is 1.69. The normalized spacial score (nSPS) is 29.9. The number of hydrogen-bond donors (Lipinski definition) is 3. The van der Waals surface area contributed by atoms with Crippen molar-refractivity contribution in [2.45, 2.75) is 24.6 Å². The first-order valence-electron chi connectivity index (χ1n) is 5.64. The number of nitrogens with two attached hydrogens (primary N) is 1. The molecule has 3 heterocycles. The van der Waals surface area contributed by atoms with Gasteiger partial charge >= 0.3 is 5.97 Å². The van der Waals surface area contributed by atoms with Crippen LogP contribution in [0.3, 0.4) is 0 Å². The van der Waals surface area contributed by atoms with Gasteiger partial charge in [-0.2, -0.15) is 0 Å². The highest BCUT2D eigenvalue weighted by Crippen LogP contribution is 2.33. The maximum Gasteiger partial charge on any atom is 0.335 e. The molecule has 1 aliphatic heterocycles. The molecule has 0 aliphatic carbocycles. The number of imidazole rings is 1. The van der Waals surface area contributed by atoms with E-state index in [1.54, 1.807) is 0 Å². The standard InChI is InChI=1S/C10H10FN5O4/c11-3-5(17)6(10(18)19)20-9(3)16-2-15-4-7(12)13-1-14-8(4)16/h1-3,5-6,9,17H,(H,18,19)(H2,12,13,14)/t3-,5?,6-,9+/m0/s1. The number of aliphatic carboxylic acids is 1. The minimum atomic E-state index is -1.93. The molecule has 1 unspecified atom stereocenters. The molecular weight excluding hydrogens is 273 g/mol. The number of alkyl halides is 1. The summed E-state index contributed by atoms with van der Waals surface area (Å²) in [5.41, 5.74) is 6.05. The van der Waals surface area contributed by atoms with Gasteiger partial charge in [-0.1, -0.05) is 0 Å². The third-order valence-corrected chi connectivity index (χ3v) is 3.10. The second-order valence-electron chi connectivity index (χ2n) is 4.30. The lowest BCUT2D eigenvalue weighted by atomic mass is 10.1. The smallest absolute Gasteiger partial charge is 0.335 e. The first kappa shape index (κ1) is 12.7. The zero-order valence-electron chi connectivity index (χ0n) is 9.92. The molecule has 20 heavy (non-hydrogen) atoms. The second kappa shape index (κ2) is 4.35. The number of rotatable bonds is 2. The molecule has 1 fully saturated rings. The molecule has 0 saturated carbocycles. The topological polar surface area (TPSA) is 136 Å². The lowest BCUT2D eigenvalue weighted by Gasteiger charge is -2.14. The Morgan fingerprint density at radius 2 is 2.20 bits per heavy atom. The van der Waals surface area contributed by atoms with Gasteiger partial charge in [-0.25, -0.2) is 24.1 Å². The van der Waals surface area contributed by atoms with E-state index in [-0.39, 0.29) is 17.0 Å². The van der Waals surface area contributed by atoms with Crippen molar-refractivity contribution >= 4 is 23.0 Å². The predicted molar refractivity (Wildman–Crippen MR) is 62.2 cm³/mol. The molecule has 106 valence electrons. The number of halogens is 1. The zero-order chi connectivity index (χ0) is 14.4. The van der Waals surface area contributed by atoms with Crippen molar-refractivity contribution in [3.05, 3.63) is 12.7 Å². The van der Waals surface area contributed by atoms with Crippen LogP contribution >= 0.6 is 0 Å². The fourth-order valence-corrected chi connectivity index (χ4v) is 2.12. The number of nitrogens with zero attached hydrogens (tertiary/aromatic N) is 4. The van der Waals surface area contributed by atoms with Gasteiger partial charge in [0, 0.05) is 0 Å². The molecular formula is C10H10FN5O4. The van der Waals surface area contributed by atoms with Crippen molar-refractivity contribution in [2.24, 2.45) is 0 Å². The molecule has 0 bridgehead atoms. The molecule has 0 spiro atoms. The fraction of sp³-hybridized carbons (Fsp3) is 0.400. The summed E-state index contributed by atoms with van der Waals surface area (Å²) < 4.78 is 20.2. The molecule has 1 saturated heterocycles. The van der Waals surface area contributed by atoms with Gasteiger partial charge in [-0.05, 0) is 0 Å². The molecule has 4 N–H and O–H groups in total. The van der Waals surface area contributed by atoms with Gasteiger partial charge in [0.25, 0.3) is 0 Å². The van der Waals surface area contributed by atoms with E-state index in [2.05, 4.69) is 15.0 Å². The lowest BCUT2D eigenvalue weighted by molar-refractivity contribution is -0.155. The van der Waals surface area contributed by atoms with Crippen LogP contribution in [0.1, 0.15) is 6.23 Å². The maximum atomic E-state index is 14.0. The number of hydrogen-bond acceptors (Lipinski definition) is 7. The number of carboxylic acids is 1. The molecule has 3 rings (SSSR count). The van der Waals surface area contributed by atoms with Crippen molar-refractivity contribution in [1.29, 1.82) is 0 Å². The first-order valence-corrected chi connectivity index (χ1v) is 5.64.